The summed E-state index contributed by atoms with van der Waals surface area (Å²) < 4.78 is 0. The Hall–Kier alpha value is -6.24. The van der Waals surface area contributed by atoms with Crippen LogP contribution in [0.1, 0.15) is 55.3 Å². The topological polar surface area (TPSA) is 150 Å². The zero-order valence-electron chi connectivity index (χ0n) is 28.5. The lowest BCUT2D eigenvalue weighted by molar-refractivity contribution is 0.0532. The van der Waals surface area contributed by atoms with Gasteiger partial charge in [0.2, 0.25) is 0 Å². The molecule has 0 aliphatic carbocycles. The highest BCUT2D eigenvalue weighted by Crippen LogP contribution is 2.36. The molecule has 2 aliphatic heterocycles. The Labute approximate surface area is 298 Å². The number of nitrogens with zero attached hydrogens (tertiary/aromatic N) is 6. The summed E-state index contributed by atoms with van der Waals surface area (Å²) in [5.74, 6) is -1.33. The van der Waals surface area contributed by atoms with Crippen LogP contribution in [0.2, 0.25) is 0 Å². The molecule has 6 aromatic rings. The van der Waals surface area contributed by atoms with E-state index in [-0.39, 0.29) is 23.6 Å². The molecule has 2 aromatic heterocycles. The number of amides is 4. The van der Waals surface area contributed by atoms with Crippen molar-refractivity contribution in [3.05, 3.63) is 120 Å². The molecule has 2 aliphatic rings. The van der Waals surface area contributed by atoms with E-state index < -0.39 is 12.1 Å². The molecule has 0 spiro atoms. The zero-order chi connectivity index (χ0) is 35.9. The number of nitrogens with one attached hydrogen (secondary N) is 2. The molecule has 12 heteroatoms. The molecule has 0 fully saturated rings. The van der Waals surface area contributed by atoms with Crippen molar-refractivity contribution in [2.24, 2.45) is 0 Å². The van der Waals surface area contributed by atoms with Crippen molar-refractivity contribution in [1.29, 1.82) is 0 Å². The van der Waals surface area contributed by atoms with E-state index in [2.05, 4.69) is 30.6 Å². The van der Waals surface area contributed by atoms with Crippen molar-refractivity contribution >= 4 is 45.2 Å². The summed E-state index contributed by atoms with van der Waals surface area (Å²) in [5.41, 5.74) is 5.10. The van der Waals surface area contributed by atoms with Gasteiger partial charge < -0.3 is 10.6 Å². The molecule has 4 aromatic carbocycles. The van der Waals surface area contributed by atoms with Gasteiger partial charge in [-0.1, -0.05) is 24.3 Å². The smallest absolute Gasteiger partial charge is 0.261 e. The molecule has 0 unspecified atom stereocenters. The molecule has 0 saturated heterocycles. The van der Waals surface area contributed by atoms with Crippen molar-refractivity contribution in [3.8, 4) is 22.3 Å². The average Bonchev–Trinajstić information content (AvgIpc) is 3.17. The second kappa shape index (κ2) is 13.5. The number of benzene rings is 4. The first kappa shape index (κ1) is 32.9. The zero-order valence-corrected chi connectivity index (χ0v) is 28.5. The molecule has 4 heterocycles. The van der Waals surface area contributed by atoms with Crippen LogP contribution < -0.4 is 10.6 Å². The van der Waals surface area contributed by atoms with E-state index in [4.69, 9.17) is 0 Å². The van der Waals surface area contributed by atoms with E-state index in [1.165, 1.54) is 22.5 Å². The van der Waals surface area contributed by atoms with E-state index in [9.17, 15) is 19.2 Å². The summed E-state index contributed by atoms with van der Waals surface area (Å²) in [4.78, 5) is 74.1. The van der Waals surface area contributed by atoms with Crippen LogP contribution in [0, 0.1) is 0 Å². The van der Waals surface area contributed by atoms with Crippen molar-refractivity contribution in [2.45, 2.75) is 25.9 Å². The lowest BCUT2D eigenvalue weighted by Gasteiger charge is -2.33. The van der Waals surface area contributed by atoms with Gasteiger partial charge in [-0.05, 0) is 72.1 Å². The van der Waals surface area contributed by atoms with Crippen molar-refractivity contribution in [2.75, 3.05) is 26.2 Å². The number of hydrogen-bond donors (Lipinski definition) is 2. The summed E-state index contributed by atoms with van der Waals surface area (Å²) in [6.07, 6.45) is 9.70. The largest absolute Gasteiger partial charge is 0.313 e. The molecule has 8 rings (SSSR count). The fourth-order valence-corrected chi connectivity index (χ4v) is 7.26. The minimum absolute atomic E-state index is 0.322. The minimum Gasteiger partial charge on any atom is -0.313 e. The Bertz CT molecular complexity index is 2230. The predicted molar refractivity (Wildman–Crippen MR) is 196 cm³/mol. The van der Waals surface area contributed by atoms with E-state index in [1.54, 1.807) is 36.9 Å². The number of aromatic nitrogens is 4. The van der Waals surface area contributed by atoms with Gasteiger partial charge in [-0.25, -0.2) is 19.9 Å². The third-order valence-corrected chi connectivity index (χ3v) is 9.78. The van der Waals surface area contributed by atoms with Gasteiger partial charge >= 0.3 is 0 Å². The lowest BCUT2D eigenvalue weighted by Crippen LogP contribution is -2.51. The van der Waals surface area contributed by atoms with Crippen LogP contribution in [0.15, 0.2) is 98.1 Å². The van der Waals surface area contributed by atoms with Crippen LogP contribution in [-0.4, -0.2) is 91.6 Å². The molecule has 0 radical (unpaired) electrons. The van der Waals surface area contributed by atoms with E-state index in [0.29, 0.717) is 59.2 Å². The van der Waals surface area contributed by atoms with Crippen LogP contribution in [0.4, 0.5) is 0 Å². The Morgan fingerprint density at radius 1 is 0.519 bits per heavy atom. The lowest BCUT2D eigenvalue weighted by atomic mass is 9.90. The summed E-state index contributed by atoms with van der Waals surface area (Å²) in [6, 6.07) is 17.7. The van der Waals surface area contributed by atoms with Crippen molar-refractivity contribution in [1.82, 2.24) is 40.4 Å². The quantitative estimate of drug-likeness (QED) is 0.144. The van der Waals surface area contributed by atoms with Crippen LogP contribution >= 0.6 is 0 Å². The van der Waals surface area contributed by atoms with Crippen LogP contribution in [0.25, 0.3) is 43.8 Å². The maximum absolute atomic E-state index is 13.8. The highest BCUT2D eigenvalue weighted by atomic mass is 16.2. The second-order valence-electron chi connectivity index (χ2n) is 13.2. The average molecular weight is 691 g/mol. The molecular formula is C40H34N8O4. The predicted octanol–water partition coefficient (Wildman–Crippen LogP) is 4.76. The third-order valence-electron chi connectivity index (χ3n) is 9.78. The molecular weight excluding hydrogens is 656 g/mol. The number of hydrogen-bond acceptors (Lipinski definition) is 10. The van der Waals surface area contributed by atoms with Gasteiger partial charge in [0, 0.05) is 107 Å². The molecule has 0 saturated carbocycles. The summed E-state index contributed by atoms with van der Waals surface area (Å²) in [7, 11) is 0. The van der Waals surface area contributed by atoms with Crippen LogP contribution in [-0.2, 0) is 0 Å². The number of rotatable bonds is 11. The van der Waals surface area contributed by atoms with Gasteiger partial charge in [0.1, 0.15) is 12.7 Å². The highest BCUT2D eigenvalue weighted by Gasteiger charge is 2.37. The minimum atomic E-state index is -0.426. The molecule has 258 valence electrons. The standard InChI is InChI=1S/C40H34N8O4/c1-23(47-37(49)31-7-3-5-25-11-27(29-17-43-21-44-18-29)13-33(35(25)31)39(47)51)15-41-9-10-42-16-24(2)48-38(50)32-8-4-6-26-12-28(30-19-45-22-46-20-30)14-34(36(26)32)40(48)52/h3-8,11-14,17-24,41-42H,9-10,15-16H2,1-2H3/t23-,24-/m1/s1. The summed E-state index contributed by atoms with van der Waals surface area (Å²) >= 11 is 0. The fourth-order valence-electron chi connectivity index (χ4n) is 7.26. The molecule has 52 heavy (non-hydrogen) atoms. The van der Waals surface area contributed by atoms with Gasteiger partial charge in [0.15, 0.2) is 0 Å². The van der Waals surface area contributed by atoms with Gasteiger partial charge in [0.25, 0.3) is 23.6 Å². The van der Waals surface area contributed by atoms with Crippen molar-refractivity contribution in [3.63, 3.8) is 0 Å². The SMILES string of the molecule is C[C@H](CNCCNC[C@@H](C)N1C(=O)c2cccc3cc(-c4cncnc4)cc(c23)C1=O)N1C(=O)c2cccc3cc(-c4cncnc4)cc(c23)C1=O. The molecule has 2 atom stereocenters. The third kappa shape index (κ3) is 5.67. The maximum atomic E-state index is 13.8. The van der Waals surface area contributed by atoms with Crippen LogP contribution in [0.3, 0.4) is 0 Å². The highest BCUT2D eigenvalue weighted by molar-refractivity contribution is 6.27. The van der Waals surface area contributed by atoms with Crippen LogP contribution in [0.5, 0.6) is 0 Å². The summed E-state index contributed by atoms with van der Waals surface area (Å²) in [6.45, 7) is 5.52. The van der Waals surface area contributed by atoms with Gasteiger partial charge in [-0.2, -0.15) is 0 Å². The van der Waals surface area contributed by atoms with E-state index >= 15 is 0 Å². The monoisotopic (exact) mass is 690 g/mol. The van der Waals surface area contributed by atoms with E-state index in [0.717, 1.165) is 33.0 Å². The number of imide groups is 2. The van der Waals surface area contributed by atoms with Gasteiger partial charge in [0.05, 0.1) is 0 Å². The Morgan fingerprint density at radius 2 is 0.904 bits per heavy atom. The van der Waals surface area contributed by atoms with Crippen molar-refractivity contribution < 1.29 is 19.2 Å². The normalized spacial score (nSPS) is 15.1. The Morgan fingerprint density at radius 3 is 1.31 bits per heavy atom. The fraction of sp³-hybridized carbons (Fsp3) is 0.200. The second-order valence-corrected chi connectivity index (χ2v) is 13.2. The van der Waals surface area contributed by atoms with E-state index in [1.807, 2.05) is 62.4 Å². The Kier molecular flexibility index (Phi) is 8.53. The Balaban J connectivity index is 0.898. The summed E-state index contributed by atoms with van der Waals surface area (Å²) in [5, 5.41) is 9.62. The number of carbonyl (C=O) groups is 4. The maximum Gasteiger partial charge on any atom is 0.261 e. The molecule has 4 amide bonds. The molecule has 2 N–H and O–H groups in total. The van der Waals surface area contributed by atoms with Gasteiger partial charge in [-0.3, -0.25) is 29.0 Å². The number of carbonyl (C=O) groups excluding carboxylic acids is 4. The first-order chi connectivity index (χ1) is 25.3. The molecule has 0 bridgehead atoms. The molecule has 12 nitrogen and oxygen atoms in total. The first-order valence-corrected chi connectivity index (χ1v) is 17.1. The van der Waals surface area contributed by atoms with Gasteiger partial charge in [-0.15, -0.1) is 0 Å². The first-order valence-electron chi connectivity index (χ1n) is 17.1.